The number of hydrogen-bond acceptors (Lipinski definition) is 4. The molecular weight excluding hydrogens is 245 g/mol. The molecule has 4 nitrogen and oxygen atoms in total. The number of halogens is 1. The van der Waals surface area contributed by atoms with Gasteiger partial charge < -0.3 is 10.5 Å². The molecule has 0 aliphatic carbocycles. The Hall–Kier alpha value is -2.17. The molecule has 0 unspecified atom stereocenters. The van der Waals surface area contributed by atoms with Crippen molar-refractivity contribution in [1.82, 2.24) is 9.97 Å². The van der Waals surface area contributed by atoms with Crippen molar-refractivity contribution in [2.24, 2.45) is 0 Å². The molecule has 2 rings (SSSR count). The van der Waals surface area contributed by atoms with Crippen LogP contribution in [0, 0.1) is 12.7 Å². The Labute approximate surface area is 111 Å². The van der Waals surface area contributed by atoms with Crippen LogP contribution in [0.3, 0.4) is 0 Å². The lowest BCUT2D eigenvalue weighted by molar-refractivity contribution is 0.407. The number of aryl methyl sites for hydroxylation is 1. The van der Waals surface area contributed by atoms with E-state index in [9.17, 15) is 4.39 Å². The first-order valence-electron chi connectivity index (χ1n) is 6.04. The summed E-state index contributed by atoms with van der Waals surface area (Å²) in [6.45, 7) is 5.89. The minimum Gasteiger partial charge on any atom is -0.421 e. The van der Waals surface area contributed by atoms with Crippen LogP contribution in [0.5, 0.6) is 11.8 Å². The van der Waals surface area contributed by atoms with Gasteiger partial charge in [0.1, 0.15) is 0 Å². The third-order valence-corrected chi connectivity index (χ3v) is 2.60. The topological polar surface area (TPSA) is 61.0 Å². The zero-order chi connectivity index (χ0) is 14.0. The Morgan fingerprint density at radius 2 is 1.95 bits per heavy atom. The molecule has 2 aromatic rings. The molecule has 1 heterocycles. The van der Waals surface area contributed by atoms with Gasteiger partial charge in [-0.2, -0.15) is 4.98 Å². The highest BCUT2D eigenvalue weighted by molar-refractivity contribution is 5.43. The summed E-state index contributed by atoms with van der Waals surface area (Å²) in [5, 5.41) is 0. The first-order chi connectivity index (χ1) is 8.95. The molecule has 19 heavy (non-hydrogen) atoms. The molecule has 1 aromatic heterocycles. The van der Waals surface area contributed by atoms with E-state index >= 15 is 0 Å². The fraction of sp³-hybridized carbons (Fsp3) is 0.286. The third-order valence-electron chi connectivity index (χ3n) is 2.60. The van der Waals surface area contributed by atoms with Crippen LogP contribution in [0.1, 0.15) is 31.2 Å². The highest BCUT2D eigenvalue weighted by atomic mass is 19.1. The number of rotatable bonds is 3. The van der Waals surface area contributed by atoms with Crippen molar-refractivity contribution in [3.63, 3.8) is 0 Å². The first-order valence-corrected chi connectivity index (χ1v) is 6.04. The second-order valence-corrected chi connectivity index (χ2v) is 4.66. The Kier molecular flexibility index (Phi) is 3.64. The largest absolute Gasteiger partial charge is 0.421 e. The number of hydrogen-bond donors (Lipinski definition) is 1. The lowest BCUT2D eigenvalue weighted by atomic mass is 10.1. The fourth-order valence-electron chi connectivity index (χ4n) is 1.60. The van der Waals surface area contributed by atoms with Crippen LogP contribution in [-0.4, -0.2) is 9.97 Å². The Morgan fingerprint density at radius 1 is 1.21 bits per heavy atom. The van der Waals surface area contributed by atoms with Gasteiger partial charge in [-0.3, -0.25) is 0 Å². The maximum absolute atomic E-state index is 13.6. The molecule has 1 aromatic carbocycles. The van der Waals surface area contributed by atoms with Crippen molar-refractivity contribution in [2.45, 2.75) is 26.7 Å². The number of nitrogens with two attached hydrogens (primary N) is 1. The highest BCUT2D eigenvalue weighted by Gasteiger charge is 2.10. The smallest absolute Gasteiger partial charge is 0.322 e. The van der Waals surface area contributed by atoms with Crippen LogP contribution < -0.4 is 10.5 Å². The molecule has 0 saturated heterocycles. The molecule has 0 radical (unpaired) electrons. The summed E-state index contributed by atoms with van der Waals surface area (Å²) in [5.41, 5.74) is 7.47. The van der Waals surface area contributed by atoms with E-state index in [0.29, 0.717) is 5.69 Å². The Morgan fingerprint density at radius 3 is 2.58 bits per heavy atom. The number of nitrogen functional groups attached to an aromatic ring is 1. The van der Waals surface area contributed by atoms with Crippen LogP contribution in [0.15, 0.2) is 24.3 Å². The monoisotopic (exact) mass is 261 g/mol. The third kappa shape index (κ3) is 3.19. The van der Waals surface area contributed by atoms with Gasteiger partial charge >= 0.3 is 6.01 Å². The minimum atomic E-state index is -0.531. The van der Waals surface area contributed by atoms with Gasteiger partial charge in [-0.1, -0.05) is 13.8 Å². The van der Waals surface area contributed by atoms with Crippen molar-refractivity contribution in [1.29, 1.82) is 0 Å². The molecule has 0 aliphatic rings. The van der Waals surface area contributed by atoms with Crippen LogP contribution in [0.4, 0.5) is 10.1 Å². The lowest BCUT2D eigenvalue weighted by Crippen LogP contribution is -2.01. The maximum atomic E-state index is 13.6. The molecule has 0 fully saturated rings. The van der Waals surface area contributed by atoms with E-state index in [0.717, 1.165) is 11.4 Å². The molecule has 0 saturated carbocycles. The summed E-state index contributed by atoms with van der Waals surface area (Å²) >= 11 is 0. The average Bonchev–Trinajstić information content (AvgIpc) is 2.32. The quantitative estimate of drug-likeness (QED) is 0.860. The van der Waals surface area contributed by atoms with E-state index in [-0.39, 0.29) is 17.7 Å². The summed E-state index contributed by atoms with van der Waals surface area (Å²) in [7, 11) is 0. The number of nitrogens with zero attached hydrogens (tertiary/aromatic N) is 2. The molecule has 0 aliphatic heterocycles. The summed E-state index contributed by atoms with van der Waals surface area (Å²) in [6, 6.07) is 6.27. The van der Waals surface area contributed by atoms with Crippen LogP contribution in [-0.2, 0) is 0 Å². The minimum absolute atomic E-state index is 0.0644. The zero-order valence-electron chi connectivity index (χ0n) is 11.1. The first kappa shape index (κ1) is 13.3. The zero-order valence-corrected chi connectivity index (χ0v) is 11.1. The molecule has 2 N–H and O–H groups in total. The number of ether oxygens (including phenoxy) is 1. The maximum Gasteiger partial charge on any atom is 0.322 e. The standard InChI is InChI=1S/C14H16FN3O/c1-8(2)12-6-9(3)17-14(18-12)19-13-5-4-10(16)7-11(13)15/h4-8H,16H2,1-3H3. The van der Waals surface area contributed by atoms with Gasteiger partial charge in [0.15, 0.2) is 11.6 Å². The molecule has 100 valence electrons. The van der Waals surface area contributed by atoms with Gasteiger partial charge in [0.2, 0.25) is 0 Å². The van der Waals surface area contributed by atoms with Crippen LogP contribution in [0.2, 0.25) is 0 Å². The van der Waals surface area contributed by atoms with E-state index in [2.05, 4.69) is 9.97 Å². The second kappa shape index (κ2) is 5.22. The number of benzene rings is 1. The van der Waals surface area contributed by atoms with E-state index in [1.165, 1.54) is 12.1 Å². The molecule has 0 spiro atoms. The van der Waals surface area contributed by atoms with Gasteiger partial charge in [0.05, 0.1) is 5.69 Å². The van der Waals surface area contributed by atoms with Crippen molar-refractivity contribution < 1.29 is 9.13 Å². The Balaban J connectivity index is 2.32. The SMILES string of the molecule is Cc1cc(C(C)C)nc(Oc2ccc(N)cc2F)n1. The molecule has 0 atom stereocenters. The van der Waals surface area contributed by atoms with E-state index < -0.39 is 5.82 Å². The second-order valence-electron chi connectivity index (χ2n) is 4.66. The van der Waals surface area contributed by atoms with Crippen LogP contribution in [0.25, 0.3) is 0 Å². The van der Waals surface area contributed by atoms with Gasteiger partial charge in [-0.05, 0) is 31.0 Å². The van der Waals surface area contributed by atoms with Crippen molar-refractivity contribution in [3.05, 3.63) is 41.5 Å². The van der Waals surface area contributed by atoms with E-state index in [1.54, 1.807) is 6.07 Å². The summed E-state index contributed by atoms with van der Waals surface area (Å²) < 4.78 is 19.0. The number of anilines is 1. The van der Waals surface area contributed by atoms with Crippen molar-refractivity contribution in [3.8, 4) is 11.8 Å². The fourth-order valence-corrected chi connectivity index (χ4v) is 1.60. The highest BCUT2D eigenvalue weighted by Crippen LogP contribution is 2.25. The summed E-state index contributed by atoms with van der Waals surface area (Å²) in [4.78, 5) is 8.40. The molecule has 0 amide bonds. The normalized spacial score (nSPS) is 10.8. The predicted octanol–water partition coefficient (Wildman–Crippen LogP) is 3.42. The van der Waals surface area contributed by atoms with Crippen molar-refractivity contribution in [2.75, 3.05) is 5.73 Å². The molecular formula is C14H16FN3O. The summed E-state index contributed by atoms with van der Waals surface area (Å²) in [5.74, 6) is -0.217. The van der Waals surface area contributed by atoms with Gasteiger partial charge in [0.25, 0.3) is 0 Å². The Bertz CT molecular complexity index is 599. The van der Waals surface area contributed by atoms with Crippen LogP contribution >= 0.6 is 0 Å². The van der Waals surface area contributed by atoms with Crippen molar-refractivity contribution >= 4 is 5.69 Å². The van der Waals surface area contributed by atoms with E-state index in [1.807, 2.05) is 26.8 Å². The average molecular weight is 261 g/mol. The molecule has 5 heteroatoms. The lowest BCUT2D eigenvalue weighted by Gasteiger charge is -2.09. The van der Waals surface area contributed by atoms with Gasteiger partial charge in [0, 0.05) is 17.4 Å². The molecule has 0 bridgehead atoms. The van der Waals surface area contributed by atoms with E-state index in [4.69, 9.17) is 10.5 Å². The summed E-state index contributed by atoms with van der Waals surface area (Å²) in [6.07, 6.45) is 0. The van der Waals surface area contributed by atoms with Gasteiger partial charge in [-0.25, -0.2) is 9.37 Å². The predicted molar refractivity (Wildman–Crippen MR) is 71.7 cm³/mol. The number of aromatic nitrogens is 2. The van der Waals surface area contributed by atoms with Gasteiger partial charge in [-0.15, -0.1) is 0 Å².